The van der Waals surface area contributed by atoms with Crippen LogP contribution in [-0.4, -0.2) is 35.1 Å². The van der Waals surface area contributed by atoms with E-state index in [1.807, 2.05) is 78.9 Å². The Labute approximate surface area is 231 Å². The molecule has 0 aromatic heterocycles. The summed E-state index contributed by atoms with van der Waals surface area (Å²) in [5.74, 6) is 0.808. The van der Waals surface area contributed by atoms with Crippen LogP contribution in [-0.2, 0) is 28.3 Å². The Kier molecular flexibility index (Phi) is 11.9. The Morgan fingerprint density at radius 1 is 0.972 bits per heavy atom. The first kappa shape index (κ1) is 28.3. The maximum atomic E-state index is 13.6. The number of hydrogen-bond donors (Lipinski definition) is 1. The molecule has 1 atom stereocenters. The molecule has 3 rings (SSSR count). The smallest absolute Gasteiger partial charge is 0.243 e. The van der Waals surface area contributed by atoms with Crippen LogP contribution in [0.2, 0.25) is 5.02 Å². The van der Waals surface area contributed by atoms with E-state index in [9.17, 15) is 9.59 Å². The van der Waals surface area contributed by atoms with Crippen LogP contribution >= 0.6 is 39.3 Å². The molecule has 4 nitrogen and oxygen atoms in total. The second kappa shape index (κ2) is 15.1. The minimum Gasteiger partial charge on any atom is -0.354 e. The predicted molar refractivity (Wildman–Crippen MR) is 154 cm³/mol. The van der Waals surface area contributed by atoms with E-state index in [-0.39, 0.29) is 17.6 Å². The van der Waals surface area contributed by atoms with E-state index in [1.54, 1.807) is 16.7 Å². The van der Waals surface area contributed by atoms with E-state index < -0.39 is 6.04 Å². The van der Waals surface area contributed by atoms with Gasteiger partial charge in [-0.15, -0.1) is 11.8 Å². The highest BCUT2D eigenvalue weighted by Gasteiger charge is 2.30. The Morgan fingerprint density at radius 3 is 2.39 bits per heavy atom. The number of carbonyl (C=O) groups excluding carboxylic acids is 2. The molecule has 3 aromatic carbocycles. The molecular formula is C29H32BrClN2O2S. The normalized spacial score (nSPS) is 11.6. The molecule has 2 amide bonds. The van der Waals surface area contributed by atoms with E-state index in [0.717, 1.165) is 34.0 Å². The van der Waals surface area contributed by atoms with Gasteiger partial charge in [-0.2, -0.15) is 0 Å². The quantitative estimate of drug-likeness (QED) is 0.222. The second-order valence-corrected chi connectivity index (χ2v) is 11.0. The van der Waals surface area contributed by atoms with Crippen LogP contribution in [0, 0.1) is 0 Å². The fraction of sp³-hybridized carbons (Fsp3) is 0.310. The summed E-state index contributed by atoms with van der Waals surface area (Å²) in [7, 11) is 0. The van der Waals surface area contributed by atoms with Crippen molar-refractivity contribution in [2.45, 2.75) is 44.5 Å². The summed E-state index contributed by atoms with van der Waals surface area (Å²) in [6.45, 7) is 3.05. The molecule has 7 heteroatoms. The number of thioether (sulfide) groups is 1. The summed E-state index contributed by atoms with van der Waals surface area (Å²) >= 11 is 11.1. The molecule has 3 aromatic rings. The Bertz CT molecular complexity index is 1110. The van der Waals surface area contributed by atoms with Crippen LogP contribution in [0.15, 0.2) is 83.3 Å². The van der Waals surface area contributed by atoms with Crippen molar-refractivity contribution in [1.29, 1.82) is 0 Å². The van der Waals surface area contributed by atoms with Crippen LogP contribution in [0.4, 0.5) is 0 Å². The van der Waals surface area contributed by atoms with E-state index in [0.29, 0.717) is 30.3 Å². The van der Waals surface area contributed by atoms with Gasteiger partial charge in [0.05, 0.1) is 5.75 Å². The molecule has 190 valence electrons. The second-order valence-electron chi connectivity index (χ2n) is 8.62. The van der Waals surface area contributed by atoms with Crippen molar-refractivity contribution in [3.8, 4) is 0 Å². The van der Waals surface area contributed by atoms with Gasteiger partial charge in [-0.05, 0) is 47.4 Å². The third-order valence-corrected chi connectivity index (χ3v) is 7.48. The highest BCUT2D eigenvalue weighted by molar-refractivity contribution is 9.10. The molecule has 0 aliphatic heterocycles. The number of halogens is 2. The SMILES string of the molecule is CCCCNC(=O)C(Cc1ccccc1)N(Cc1cccc(Br)c1)C(=O)CSCc1ccc(Cl)cc1. The average molecular weight is 588 g/mol. The summed E-state index contributed by atoms with van der Waals surface area (Å²) in [5.41, 5.74) is 3.10. The Balaban J connectivity index is 1.82. The van der Waals surface area contributed by atoms with Crippen molar-refractivity contribution in [3.63, 3.8) is 0 Å². The Hall–Kier alpha value is -2.28. The largest absolute Gasteiger partial charge is 0.354 e. The molecule has 0 radical (unpaired) electrons. The monoisotopic (exact) mass is 586 g/mol. The zero-order valence-electron chi connectivity index (χ0n) is 20.5. The van der Waals surface area contributed by atoms with Crippen molar-refractivity contribution in [3.05, 3.63) is 105 Å². The number of nitrogens with one attached hydrogen (secondary N) is 1. The van der Waals surface area contributed by atoms with Gasteiger partial charge in [0.2, 0.25) is 11.8 Å². The van der Waals surface area contributed by atoms with Crippen molar-refractivity contribution in [1.82, 2.24) is 10.2 Å². The van der Waals surface area contributed by atoms with Crippen molar-refractivity contribution in [2.24, 2.45) is 0 Å². The number of carbonyl (C=O) groups is 2. The van der Waals surface area contributed by atoms with Gasteiger partial charge < -0.3 is 10.2 Å². The van der Waals surface area contributed by atoms with Gasteiger partial charge in [0.1, 0.15) is 6.04 Å². The van der Waals surface area contributed by atoms with Crippen LogP contribution in [0.5, 0.6) is 0 Å². The average Bonchev–Trinajstić information content (AvgIpc) is 2.88. The molecule has 0 aliphatic rings. The third-order valence-electron chi connectivity index (χ3n) is 5.75. The van der Waals surface area contributed by atoms with Gasteiger partial charge in [0, 0.05) is 34.8 Å². The van der Waals surface area contributed by atoms with Crippen molar-refractivity contribution >= 4 is 51.1 Å². The van der Waals surface area contributed by atoms with Gasteiger partial charge in [0.15, 0.2) is 0 Å². The summed E-state index contributed by atoms with van der Waals surface area (Å²) < 4.78 is 0.941. The molecule has 0 heterocycles. The van der Waals surface area contributed by atoms with E-state index in [1.165, 1.54) is 0 Å². The fourth-order valence-electron chi connectivity index (χ4n) is 3.81. The lowest BCUT2D eigenvalue weighted by Crippen LogP contribution is -2.51. The van der Waals surface area contributed by atoms with E-state index in [4.69, 9.17) is 11.6 Å². The number of hydrogen-bond acceptors (Lipinski definition) is 3. The first-order chi connectivity index (χ1) is 17.5. The highest BCUT2D eigenvalue weighted by Crippen LogP contribution is 2.21. The highest BCUT2D eigenvalue weighted by atomic mass is 79.9. The molecule has 0 fully saturated rings. The van der Waals surface area contributed by atoms with E-state index in [2.05, 4.69) is 28.2 Å². The molecule has 1 N–H and O–H groups in total. The summed E-state index contributed by atoms with van der Waals surface area (Å²) in [6.07, 6.45) is 2.35. The third kappa shape index (κ3) is 9.30. The van der Waals surface area contributed by atoms with E-state index >= 15 is 0 Å². The number of nitrogens with zero attached hydrogens (tertiary/aromatic N) is 1. The van der Waals surface area contributed by atoms with Crippen LogP contribution in [0.3, 0.4) is 0 Å². The van der Waals surface area contributed by atoms with Crippen LogP contribution in [0.1, 0.15) is 36.5 Å². The molecule has 1 unspecified atom stereocenters. The maximum Gasteiger partial charge on any atom is 0.243 e. The lowest BCUT2D eigenvalue weighted by atomic mass is 10.0. The molecule has 0 aliphatic carbocycles. The van der Waals surface area contributed by atoms with Gasteiger partial charge in [0.25, 0.3) is 0 Å². The van der Waals surface area contributed by atoms with Gasteiger partial charge >= 0.3 is 0 Å². The number of rotatable bonds is 13. The topological polar surface area (TPSA) is 49.4 Å². The summed E-state index contributed by atoms with van der Waals surface area (Å²) in [4.78, 5) is 28.8. The number of amides is 2. The first-order valence-corrected chi connectivity index (χ1v) is 14.5. The van der Waals surface area contributed by atoms with Gasteiger partial charge in [-0.25, -0.2) is 0 Å². The minimum atomic E-state index is -0.605. The summed E-state index contributed by atoms with van der Waals surface area (Å²) in [5, 5.41) is 3.75. The minimum absolute atomic E-state index is 0.0551. The molecule has 0 spiro atoms. The zero-order chi connectivity index (χ0) is 25.8. The number of unbranched alkanes of at least 4 members (excludes halogenated alkanes) is 1. The van der Waals surface area contributed by atoms with Gasteiger partial charge in [-0.1, -0.05) is 95.5 Å². The molecule has 36 heavy (non-hydrogen) atoms. The zero-order valence-corrected chi connectivity index (χ0v) is 23.6. The van der Waals surface area contributed by atoms with Crippen molar-refractivity contribution < 1.29 is 9.59 Å². The lowest BCUT2D eigenvalue weighted by molar-refractivity contribution is -0.139. The molecule has 0 bridgehead atoms. The van der Waals surface area contributed by atoms with Crippen LogP contribution < -0.4 is 5.32 Å². The predicted octanol–water partition coefficient (Wildman–Crippen LogP) is 6.89. The molecule has 0 saturated heterocycles. The maximum absolute atomic E-state index is 13.6. The van der Waals surface area contributed by atoms with Crippen LogP contribution in [0.25, 0.3) is 0 Å². The summed E-state index contributed by atoms with van der Waals surface area (Å²) in [6, 6.07) is 24.8. The number of benzene rings is 3. The molecular weight excluding hydrogens is 556 g/mol. The standard InChI is InChI=1S/C29H32BrClN2O2S/c1-2-3-16-32-29(35)27(18-22-8-5-4-6-9-22)33(19-24-10-7-11-25(30)17-24)28(34)21-36-20-23-12-14-26(31)15-13-23/h4-15,17,27H,2-3,16,18-21H2,1H3,(H,32,35). The fourth-order valence-corrected chi connectivity index (χ4v) is 5.26. The Morgan fingerprint density at radius 2 is 1.69 bits per heavy atom. The lowest BCUT2D eigenvalue weighted by Gasteiger charge is -2.31. The van der Waals surface area contributed by atoms with Gasteiger partial charge in [-0.3, -0.25) is 9.59 Å². The first-order valence-electron chi connectivity index (χ1n) is 12.1. The molecule has 0 saturated carbocycles. The van der Waals surface area contributed by atoms with Crippen molar-refractivity contribution in [2.75, 3.05) is 12.3 Å².